The van der Waals surface area contributed by atoms with Crippen LogP contribution in [0.25, 0.3) is 0 Å². The molecular weight excluding hydrogens is 263 g/mol. The fraction of sp³-hybridized carbons (Fsp3) is 0.400. The van der Waals surface area contributed by atoms with Crippen LogP contribution >= 0.6 is 7.60 Å². The highest BCUT2D eigenvalue weighted by molar-refractivity contribution is 7.53. The molecule has 0 heterocycles. The number of hydrogen-bond acceptors (Lipinski definition) is 5. The van der Waals surface area contributed by atoms with Crippen molar-refractivity contribution in [3.8, 4) is 0 Å². The summed E-state index contributed by atoms with van der Waals surface area (Å²) in [6, 6.07) is 0. The van der Waals surface area contributed by atoms with Gasteiger partial charge in [0, 0.05) is 0 Å². The van der Waals surface area contributed by atoms with Crippen LogP contribution in [-0.2, 0) is 23.6 Å². The van der Waals surface area contributed by atoms with E-state index in [1.165, 1.54) is 12.2 Å². The highest BCUT2D eigenvalue weighted by Gasteiger charge is 2.39. The first-order valence-electron chi connectivity index (χ1n) is 4.92. The molecule has 0 saturated carbocycles. The number of carbonyl (C=O) groups is 2. The lowest BCUT2D eigenvalue weighted by molar-refractivity contribution is -0.149. The Morgan fingerprint density at radius 3 is 2.11 bits per heavy atom. The number of ether oxygens (including phenoxy) is 2. The fourth-order valence-electron chi connectivity index (χ4n) is 0.945. The molecule has 18 heavy (non-hydrogen) atoms. The third-order valence-corrected chi connectivity index (χ3v) is 2.95. The molecule has 0 aliphatic heterocycles. The van der Waals surface area contributed by atoms with Crippen molar-refractivity contribution in [2.24, 2.45) is 0 Å². The van der Waals surface area contributed by atoms with Crippen LogP contribution in [0, 0.1) is 0 Å². The summed E-state index contributed by atoms with van der Waals surface area (Å²) in [5, 5.41) is 0. The summed E-state index contributed by atoms with van der Waals surface area (Å²) in [6.45, 7) is 6.28. The van der Waals surface area contributed by atoms with Gasteiger partial charge in [-0.3, -0.25) is 14.2 Å². The second-order valence-electron chi connectivity index (χ2n) is 3.20. The standard InChI is InChI=1S/C10H15O7P/c1-3-5-16-9(11)7-8(18(13,14)15)10(12)17-6-4-2/h3-4,8H,1-2,5-7H2,(H2,13,14,15). The van der Waals surface area contributed by atoms with E-state index in [1.807, 2.05) is 0 Å². The zero-order chi connectivity index (χ0) is 14.2. The van der Waals surface area contributed by atoms with Gasteiger partial charge in [-0.05, 0) is 0 Å². The first-order valence-corrected chi connectivity index (χ1v) is 6.60. The van der Waals surface area contributed by atoms with E-state index < -0.39 is 31.6 Å². The molecule has 1 unspecified atom stereocenters. The van der Waals surface area contributed by atoms with Gasteiger partial charge < -0.3 is 19.3 Å². The predicted octanol–water partition coefficient (Wildman–Crippen LogP) is 0.381. The normalized spacial score (nSPS) is 12.3. The number of hydrogen-bond donors (Lipinski definition) is 2. The molecule has 0 aromatic carbocycles. The molecule has 0 bridgehead atoms. The van der Waals surface area contributed by atoms with Crippen LogP contribution in [-0.4, -0.2) is 40.6 Å². The van der Waals surface area contributed by atoms with Crippen molar-refractivity contribution < 1.29 is 33.4 Å². The maximum absolute atomic E-state index is 11.4. The molecule has 0 saturated heterocycles. The van der Waals surface area contributed by atoms with Crippen LogP contribution in [0.1, 0.15) is 6.42 Å². The van der Waals surface area contributed by atoms with Gasteiger partial charge >= 0.3 is 19.5 Å². The van der Waals surface area contributed by atoms with Gasteiger partial charge in [-0.1, -0.05) is 25.3 Å². The summed E-state index contributed by atoms with van der Waals surface area (Å²) >= 11 is 0. The maximum atomic E-state index is 11.4. The topological polar surface area (TPSA) is 110 Å². The summed E-state index contributed by atoms with van der Waals surface area (Å²) < 4.78 is 20.1. The Hall–Kier alpha value is -1.43. The molecular formula is C10H15O7P. The molecule has 7 nitrogen and oxygen atoms in total. The molecule has 0 aliphatic rings. The first-order chi connectivity index (χ1) is 8.32. The lowest BCUT2D eigenvalue weighted by Crippen LogP contribution is -2.27. The van der Waals surface area contributed by atoms with E-state index >= 15 is 0 Å². The van der Waals surface area contributed by atoms with Crippen molar-refractivity contribution in [1.29, 1.82) is 0 Å². The highest BCUT2D eigenvalue weighted by Crippen LogP contribution is 2.43. The third kappa shape index (κ3) is 6.34. The van der Waals surface area contributed by atoms with Crippen LogP contribution in [0.3, 0.4) is 0 Å². The fourth-order valence-corrected chi connectivity index (χ4v) is 1.68. The van der Waals surface area contributed by atoms with Crippen molar-refractivity contribution >= 4 is 19.5 Å². The van der Waals surface area contributed by atoms with E-state index in [9.17, 15) is 14.2 Å². The molecule has 0 rings (SSSR count). The number of carbonyl (C=O) groups excluding carboxylic acids is 2. The Morgan fingerprint density at radius 2 is 1.67 bits per heavy atom. The van der Waals surface area contributed by atoms with Crippen molar-refractivity contribution in [2.75, 3.05) is 13.2 Å². The highest BCUT2D eigenvalue weighted by atomic mass is 31.2. The van der Waals surface area contributed by atoms with Crippen LogP contribution in [0.15, 0.2) is 25.3 Å². The molecule has 1 atom stereocenters. The van der Waals surface area contributed by atoms with Crippen molar-refractivity contribution in [3.63, 3.8) is 0 Å². The minimum absolute atomic E-state index is 0.103. The van der Waals surface area contributed by atoms with Crippen LogP contribution in [0.2, 0.25) is 0 Å². The van der Waals surface area contributed by atoms with Crippen molar-refractivity contribution in [2.45, 2.75) is 12.1 Å². The summed E-state index contributed by atoms with van der Waals surface area (Å²) in [4.78, 5) is 40.5. The largest absolute Gasteiger partial charge is 0.461 e. The molecule has 0 radical (unpaired) electrons. The zero-order valence-electron chi connectivity index (χ0n) is 9.65. The molecule has 102 valence electrons. The maximum Gasteiger partial charge on any atom is 0.340 e. The average Bonchev–Trinajstić information content (AvgIpc) is 2.28. The molecule has 0 amide bonds. The van der Waals surface area contributed by atoms with Crippen LogP contribution < -0.4 is 0 Å². The molecule has 2 N–H and O–H groups in total. The summed E-state index contributed by atoms with van der Waals surface area (Å²) in [5.41, 5.74) is -1.87. The Bertz CT molecular complexity index is 370. The van der Waals surface area contributed by atoms with Crippen LogP contribution in [0.5, 0.6) is 0 Å². The van der Waals surface area contributed by atoms with E-state index in [-0.39, 0.29) is 13.2 Å². The molecule has 0 aromatic heterocycles. The van der Waals surface area contributed by atoms with Gasteiger partial charge in [-0.25, -0.2) is 0 Å². The average molecular weight is 278 g/mol. The van der Waals surface area contributed by atoms with E-state index in [1.54, 1.807) is 0 Å². The summed E-state index contributed by atoms with van der Waals surface area (Å²) in [7, 11) is -4.79. The molecule has 0 fully saturated rings. The van der Waals surface area contributed by atoms with Gasteiger partial charge in [0.05, 0.1) is 6.42 Å². The number of rotatable bonds is 8. The second-order valence-corrected chi connectivity index (χ2v) is 5.00. The minimum atomic E-state index is -4.79. The SMILES string of the molecule is C=CCOC(=O)CC(C(=O)OCC=C)P(=O)(O)O. The summed E-state index contributed by atoms with van der Waals surface area (Å²) in [6.07, 6.45) is 1.78. The van der Waals surface area contributed by atoms with E-state index in [4.69, 9.17) is 9.79 Å². The van der Waals surface area contributed by atoms with E-state index in [0.29, 0.717) is 0 Å². The monoisotopic (exact) mass is 278 g/mol. The second kappa shape index (κ2) is 7.81. The van der Waals surface area contributed by atoms with Gasteiger partial charge in [0.15, 0.2) is 5.66 Å². The predicted molar refractivity (Wildman–Crippen MR) is 62.8 cm³/mol. The number of esters is 2. The van der Waals surface area contributed by atoms with E-state index in [0.717, 1.165) is 0 Å². The molecule has 8 heteroatoms. The Balaban J connectivity index is 4.65. The Labute approximate surface area is 104 Å². The lowest BCUT2D eigenvalue weighted by atomic mass is 10.3. The van der Waals surface area contributed by atoms with Gasteiger partial charge in [0.25, 0.3) is 0 Å². The molecule has 0 aromatic rings. The minimum Gasteiger partial charge on any atom is -0.461 e. The first kappa shape index (κ1) is 16.6. The Kier molecular flexibility index (Phi) is 7.19. The molecule has 0 aliphatic carbocycles. The van der Waals surface area contributed by atoms with Crippen molar-refractivity contribution in [3.05, 3.63) is 25.3 Å². The smallest absolute Gasteiger partial charge is 0.340 e. The summed E-state index contributed by atoms with van der Waals surface area (Å²) in [5.74, 6) is -2.09. The van der Waals surface area contributed by atoms with Gasteiger partial charge in [0.1, 0.15) is 13.2 Å². The van der Waals surface area contributed by atoms with Crippen molar-refractivity contribution in [1.82, 2.24) is 0 Å². The molecule has 0 spiro atoms. The third-order valence-electron chi connectivity index (χ3n) is 1.74. The Morgan fingerprint density at radius 1 is 1.17 bits per heavy atom. The lowest BCUT2D eigenvalue weighted by Gasteiger charge is -2.15. The van der Waals surface area contributed by atoms with Gasteiger partial charge in [0.2, 0.25) is 0 Å². The van der Waals surface area contributed by atoms with Crippen LogP contribution in [0.4, 0.5) is 0 Å². The zero-order valence-corrected chi connectivity index (χ0v) is 10.5. The quantitative estimate of drug-likeness (QED) is 0.375. The van der Waals surface area contributed by atoms with E-state index in [2.05, 4.69) is 22.6 Å². The van der Waals surface area contributed by atoms with Gasteiger partial charge in [-0.15, -0.1) is 0 Å². The van der Waals surface area contributed by atoms with Gasteiger partial charge in [-0.2, -0.15) is 0 Å².